The number of pyridine rings is 1. The monoisotopic (exact) mass is 244 g/mol. The molecule has 1 atom stereocenters. The molecular weight excluding hydrogens is 227 g/mol. The molecule has 2 nitrogen and oxygen atoms in total. The van der Waals surface area contributed by atoms with Crippen LogP contribution in [0.1, 0.15) is 29.7 Å². The van der Waals surface area contributed by atoms with Crippen molar-refractivity contribution in [2.75, 3.05) is 6.54 Å². The van der Waals surface area contributed by atoms with Crippen molar-refractivity contribution in [3.63, 3.8) is 0 Å². The number of hydrogen-bond acceptors (Lipinski definition) is 2. The van der Waals surface area contributed by atoms with Crippen LogP contribution < -0.4 is 5.32 Å². The van der Waals surface area contributed by atoms with E-state index < -0.39 is 0 Å². The van der Waals surface area contributed by atoms with Crippen molar-refractivity contribution in [2.45, 2.75) is 19.9 Å². The van der Waals surface area contributed by atoms with Crippen molar-refractivity contribution in [3.05, 3.63) is 65.2 Å². The van der Waals surface area contributed by atoms with Gasteiger partial charge in [0.05, 0.1) is 6.04 Å². The molecule has 3 heteroatoms. The van der Waals surface area contributed by atoms with Gasteiger partial charge in [0, 0.05) is 12.4 Å². The molecule has 0 radical (unpaired) electrons. The average molecular weight is 244 g/mol. The van der Waals surface area contributed by atoms with Gasteiger partial charge in [0.15, 0.2) is 0 Å². The Kier molecular flexibility index (Phi) is 4.05. The molecule has 0 spiro atoms. The topological polar surface area (TPSA) is 24.9 Å². The summed E-state index contributed by atoms with van der Waals surface area (Å²) in [5.74, 6) is -0.201. The van der Waals surface area contributed by atoms with Crippen molar-refractivity contribution in [1.29, 1.82) is 0 Å². The molecule has 0 fully saturated rings. The van der Waals surface area contributed by atoms with Gasteiger partial charge in [-0.15, -0.1) is 0 Å². The number of nitrogens with zero attached hydrogens (tertiary/aromatic N) is 1. The third-order valence-electron chi connectivity index (χ3n) is 3.00. The minimum atomic E-state index is -0.201. The normalized spacial score (nSPS) is 12.4. The summed E-state index contributed by atoms with van der Waals surface area (Å²) in [6.45, 7) is 4.87. The lowest BCUT2D eigenvalue weighted by molar-refractivity contribution is 0.600. The molecule has 0 bridgehead atoms. The highest BCUT2D eigenvalue weighted by Crippen LogP contribution is 2.25. The van der Waals surface area contributed by atoms with Crippen LogP contribution in [-0.2, 0) is 0 Å². The van der Waals surface area contributed by atoms with Crippen LogP contribution in [0.3, 0.4) is 0 Å². The Morgan fingerprint density at radius 1 is 1.22 bits per heavy atom. The van der Waals surface area contributed by atoms with Crippen LogP contribution in [0.15, 0.2) is 42.7 Å². The highest BCUT2D eigenvalue weighted by Gasteiger charge is 2.15. The molecule has 1 heterocycles. The van der Waals surface area contributed by atoms with Crippen LogP contribution in [0.25, 0.3) is 0 Å². The second kappa shape index (κ2) is 5.74. The molecule has 0 aliphatic rings. The van der Waals surface area contributed by atoms with Crippen molar-refractivity contribution in [3.8, 4) is 0 Å². The predicted molar refractivity (Wildman–Crippen MR) is 70.9 cm³/mol. The molecule has 1 unspecified atom stereocenters. The zero-order valence-corrected chi connectivity index (χ0v) is 10.7. The van der Waals surface area contributed by atoms with Crippen LogP contribution in [0.5, 0.6) is 0 Å². The first-order valence-corrected chi connectivity index (χ1v) is 6.11. The van der Waals surface area contributed by atoms with E-state index in [2.05, 4.69) is 10.3 Å². The minimum Gasteiger partial charge on any atom is -0.307 e. The van der Waals surface area contributed by atoms with Gasteiger partial charge >= 0.3 is 0 Å². The van der Waals surface area contributed by atoms with Gasteiger partial charge < -0.3 is 5.32 Å². The lowest BCUT2D eigenvalue weighted by atomic mass is 9.95. The van der Waals surface area contributed by atoms with Crippen LogP contribution in [0.4, 0.5) is 4.39 Å². The number of rotatable bonds is 4. The van der Waals surface area contributed by atoms with Crippen molar-refractivity contribution in [2.24, 2.45) is 0 Å². The lowest BCUT2D eigenvalue weighted by Crippen LogP contribution is -2.23. The maximum atomic E-state index is 13.4. The highest BCUT2D eigenvalue weighted by molar-refractivity contribution is 5.36. The van der Waals surface area contributed by atoms with Crippen molar-refractivity contribution >= 4 is 0 Å². The molecule has 0 saturated heterocycles. The fraction of sp³-hybridized carbons (Fsp3) is 0.267. The van der Waals surface area contributed by atoms with Gasteiger partial charge in [0.25, 0.3) is 0 Å². The standard InChI is InChI=1S/C15H17FN2/c1-3-18-15(12-6-8-17-9-7-12)14-10-13(16)5-4-11(14)2/h4-10,15,18H,3H2,1-2H3. The summed E-state index contributed by atoms with van der Waals surface area (Å²) in [6.07, 6.45) is 3.52. The summed E-state index contributed by atoms with van der Waals surface area (Å²) in [4.78, 5) is 4.02. The quantitative estimate of drug-likeness (QED) is 0.893. The van der Waals surface area contributed by atoms with E-state index in [1.807, 2.05) is 32.0 Å². The molecule has 0 amide bonds. The lowest BCUT2D eigenvalue weighted by Gasteiger charge is -2.20. The molecule has 1 aromatic carbocycles. The fourth-order valence-electron chi connectivity index (χ4n) is 2.09. The third kappa shape index (κ3) is 2.74. The second-order valence-electron chi connectivity index (χ2n) is 4.27. The molecule has 0 saturated carbocycles. The molecule has 1 aromatic heterocycles. The maximum Gasteiger partial charge on any atom is 0.123 e. The number of hydrogen-bond donors (Lipinski definition) is 1. The van der Waals surface area contributed by atoms with E-state index in [1.165, 1.54) is 6.07 Å². The smallest absolute Gasteiger partial charge is 0.123 e. The van der Waals surface area contributed by atoms with Crippen LogP contribution in [0, 0.1) is 12.7 Å². The zero-order chi connectivity index (χ0) is 13.0. The van der Waals surface area contributed by atoms with Crippen LogP contribution in [0.2, 0.25) is 0 Å². The fourth-order valence-corrected chi connectivity index (χ4v) is 2.09. The molecular formula is C15H17FN2. The highest BCUT2D eigenvalue weighted by atomic mass is 19.1. The molecule has 18 heavy (non-hydrogen) atoms. The summed E-state index contributed by atoms with van der Waals surface area (Å²) in [5.41, 5.74) is 3.16. The van der Waals surface area contributed by atoms with Crippen LogP contribution >= 0.6 is 0 Å². The van der Waals surface area contributed by atoms with Gasteiger partial charge in [-0.3, -0.25) is 4.98 Å². The first-order valence-electron chi connectivity index (χ1n) is 6.11. The third-order valence-corrected chi connectivity index (χ3v) is 3.00. The van der Waals surface area contributed by atoms with Gasteiger partial charge in [0.2, 0.25) is 0 Å². The Labute approximate surface area is 107 Å². The maximum absolute atomic E-state index is 13.4. The number of aromatic nitrogens is 1. The molecule has 94 valence electrons. The van der Waals surface area contributed by atoms with Gasteiger partial charge in [0.1, 0.15) is 5.82 Å². The van der Waals surface area contributed by atoms with E-state index in [4.69, 9.17) is 0 Å². The van der Waals surface area contributed by atoms with E-state index in [0.29, 0.717) is 0 Å². The summed E-state index contributed by atoms with van der Waals surface area (Å²) in [6, 6.07) is 8.83. The van der Waals surface area contributed by atoms with E-state index in [0.717, 1.165) is 23.2 Å². The Hall–Kier alpha value is -1.74. The summed E-state index contributed by atoms with van der Waals surface area (Å²) >= 11 is 0. The SMILES string of the molecule is CCNC(c1ccncc1)c1cc(F)ccc1C. The number of nitrogens with one attached hydrogen (secondary N) is 1. The predicted octanol–water partition coefficient (Wildman–Crippen LogP) is 3.23. The molecule has 2 rings (SSSR count). The van der Waals surface area contributed by atoms with E-state index in [1.54, 1.807) is 18.5 Å². The molecule has 1 N–H and O–H groups in total. The van der Waals surface area contributed by atoms with Gasteiger partial charge in [-0.25, -0.2) is 4.39 Å². The minimum absolute atomic E-state index is 0.00806. The van der Waals surface area contributed by atoms with E-state index in [-0.39, 0.29) is 11.9 Å². The van der Waals surface area contributed by atoms with E-state index in [9.17, 15) is 4.39 Å². The summed E-state index contributed by atoms with van der Waals surface area (Å²) in [5, 5.41) is 3.39. The number of benzene rings is 1. The second-order valence-corrected chi connectivity index (χ2v) is 4.27. The molecule has 0 aliphatic heterocycles. The molecule has 2 aromatic rings. The number of halogens is 1. The van der Waals surface area contributed by atoms with Gasteiger partial charge in [-0.1, -0.05) is 13.0 Å². The van der Waals surface area contributed by atoms with Gasteiger partial charge in [-0.05, 0) is 54.4 Å². The Bertz CT molecular complexity index is 511. The Morgan fingerprint density at radius 3 is 2.61 bits per heavy atom. The zero-order valence-electron chi connectivity index (χ0n) is 10.7. The Balaban J connectivity index is 2.44. The average Bonchev–Trinajstić information content (AvgIpc) is 2.40. The van der Waals surface area contributed by atoms with Crippen molar-refractivity contribution in [1.82, 2.24) is 10.3 Å². The molecule has 0 aliphatic carbocycles. The first kappa shape index (κ1) is 12.7. The summed E-state index contributed by atoms with van der Waals surface area (Å²) in [7, 11) is 0. The van der Waals surface area contributed by atoms with Crippen LogP contribution in [-0.4, -0.2) is 11.5 Å². The number of aryl methyl sites for hydroxylation is 1. The Morgan fingerprint density at radius 2 is 1.94 bits per heavy atom. The van der Waals surface area contributed by atoms with E-state index >= 15 is 0 Å². The summed E-state index contributed by atoms with van der Waals surface area (Å²) < 4.78 is 13.4. The van der Waals surface area contributed by atoms with Crippen molar-refractivity contribution < 1.29 is 4.39 Å². The largest absolute Gasteiger partial charge is 0.307 e. The first-order chi connectivity index (χ1) is 8.72. The van der Waals surface area contributed by atoms with Gasteiger partial charge in [-0.2, -0.15) is 0 Å².